The molecule has 0 radical (unpaired) electrons. The van der Waals surface area contributed by atoms with Gasteiger partial charge in [0.15, 0.2) is 0 Å². The first-order valence-electron chi connectivity index (χ1n) is 6.38. The van der Waals surface area contributed by atoms with Crippen molar-refractivity contribution >= 4 is 33.3 Å². The molecule has 20 heavy (non-hydrogen) atoms. The van der Waals surface area contributed by atoms with Gasteiger partial charge in [0.25, 0.3) is 0 Å². The van der Waals surface area contributed by atoms with Crippen molar-refractivity contribution in [3.05, 3.63) is 52.7 Å². The minimum Gasteiger partial charge on any atom is -0.326 e. The number of nitrogens with zero attached hydrogens (tertiary/aromatic N) is 2. The van der Waals surface area contributed by atoms with Crippen LogP contribution >= 0.6 is 23.1 Å². The standard InChI is InChI=1S/C15H15N3S2/c1-10-6-13-14(17-9-18-15(13)20-10)19-8-12-4-2-11(7-16)3-5-12/h2-6,9H,7-8,16H2,1H3. The van der Waals surface area contributed by atoms with Crippen molar-refractivity contribution in [2.24, 2.45) is 5.73 Å². The van der Waals surface area contributed by atoms with E-state index in [0.29, 0.717) is 6.54 Å². The Bertz CT molecular complexity index is 720. The number of aromatic nitrogens is 2. The van der Waals surface area contributed by atoms with Gasteiger partial charge in [-0.3, -0.25) is 0 Å². The summed E-state index contributed by atoms with van der Waals surface area (Å²) in [5.41, 5.74) is 8.06. The normalized spacial score (nSPS) is 11.1. The summed E-state index contributed by atoms with van der Waals surface area (Å²) in [4.78, 5) is 11.1. The first-order valence-corrected chi connectivity index (χ1v) is 8.18. The van der Waals surface area contributed by atoms with E-state index in [0.717, 1.165) is 21.2 Å². The first-order chi connectivity index (χ1) is 9.76. The molecule has 3 aromatic rings. The number of hydrogen-bond donors (Lipinski definition) is 1. The van der Waals surface area contributed by atoms with Crippen LogP contribution in [0.5, 0.6) is 0 Å². The number of rotatable bonds is 4. The summed E-state index contributed by atoms with van der Waals surface area (Å²) in [6, 6.07) is 10.6. The zero-order valence-corrected chi connectivity index (χ0v) is 12.8. The van der Waals surface area contributed by atoms with E-state index in [1.165, 1.54) is 15.8 Å². The third-order valence-electron chi connectivity index (χ3n) is 3.05. The summed E-state index contributed by atoms with van der Waals surface area (Å²) in [5, 5.41) is 2.22. The van der Waals surface area contributed by atoms with Gasteiger partial charge in [-0.15, -0.1) is 23.1 Å². The lowest BCUT2D eigenvalue weighted by atomic mass is 10.1. The van der Waals surface area contributed by atoms with Crippen LogP contribution in [-0.2, 0) is 12.3 Å². The summed E-state index contributed by atoms with van der Waals surface area (Å²) in [6.45, 7) is 2.69. The molecular formula is C15H15N3S2. The van der Waals surface area contributed by atoms with E-state index in [2.05, 4.69) is 47.2 Å². The van der Waals surface area contributed by atoms with Gasteiger partial charge >= 0.3 is 0 Å². The molecule has 0 spiro atoms. The molecule has 102 valence electrons. The van der Waals surface area contributed by atoms with Crippen LogP contribution in [0.4, 0.5) is 0 Å². The molecule has 0 saturated heterocycles. The summed E-state index contributed by atoms with van der Waals surface area (Å²) >= 11 is 3.47. The fourth-order valence-corrected chi connectivity index (χ4v) is 3.83. The van der Waals surface area contributed by atoms with Crippen molar-refractivity contribution in [2.45, 2.75) is 24.2 Å². The Morgan fingerprint density at radius 3 is 2.65 bits per heavy atom. The number of fused-ring (bicyclic) bond motifs is 1. The van der Waals surface area contributed by atoms with Crippen molar-refractivity contribution in [1.29, 1.82) is 0 Å². The van der Waals surface area contributed by atoms with Crippen LogP contribution in [-0.4, -0.2) is 9.97 Å². The van der Waals surface area contributed by atoms with Crippen LogP contribution in [0.15, 0.2) is 41.7 Å². The van der Waals surface area contributed by atoms with Gasteiger partial charge in [0.2, 0.25) is 0 Å². The first kappa shape index (κ1) is 13.5. The van der Waals surface area contributed by atoms with Gasteiger partial charge in [-0.2, -0.15) is 0 Å². The van der Waals surface area contributed by atoms with Crippen molar-refractivity contribution < 1.29 is 0 Å². The third-order valence-corrected chi connectivity index (χ3v) is 5.09. The van der Waals surface area contributed by atoms with Crippen LogP contribution < -0.4 is 5.73 Å². The number of thioether (sulfide) groups is 1. The minimum absolute atomic E-state index is 0.591. The molecule has 0 bridgehead atoms. The highest BCUT2D eigenvalue weighted by atomic mass is 32.2. The summed E-state index contributed by atoms with van der Waals surface area (Å²) in [6.07, 6.45) is 1.65. The van der Waals surface area contributed by atoms with E-state index in [9.17, 15) is 0 Å². The van der Waals surface area contributed by atoms with Crippen molar-refractivity contribution in [1.82, 2.24) is 9.97 Å². The fourth-order valence-electron chi connectivity index (χ4n) is 1.99. The zero-order valence-electron chi connectivity index (χ0n) is 11.2. The van der Waals surface area contributed by atoms with Gasteiger partial charge in [0, 0.05) is 22.6 Å². The van der Waals surface area contributed by atoms with E-state index in [1.807, 2.05) is 0 Å². The fraction of sp³-hybridized carbons (Fsp3) is 0.200. The second-order valence-corrected chi connectivity index (χ2v) is 6.76. The molecule has 0 aliphatic rings. The lowest BCUT2D eigenvalue weighted by Crippen LogP contribution is -1.95. The minimum atomic E-state index is 0.591. The number of hydrogen-bond acceptors (Lipinski definition) is 5. The molecular weight excluding hydrogens is 286 g/mol. The van der Waals surface area contributed by atoms with Gasteiger partial charge in [0.1, 0.15) is 16.2 Å². The number of nitrogens with two attached hydrogens (primary N) is 1. The van der Waals surface area contributed by atoms with Crippen LogP contribution in [0.1, 0.15) is 16.0 Å². The Balaban J connectivity index is 1.79. The van der Waals surface area contributed by atoms with E-state index < -0.39 is 0 Å². The van der Waals surface area contributed by atoms with E-state index in [1.54, 1.807) is 29.4 Å². The summed E-state index contributed by atoms with van der Waals surface area (Å²) < 4.78 is 0. The molecule has 0 unspecified atom stereocenters. The molecule has 2 heterocycles. The van der Waals surface area contributed by atoms with Crippen molar-refractivity contribution in [3.63, 3.8) is 0 Å². The van der Waals surface area contributed by atoms with Gasteiger partial charge < -0.3 is 5.73 Å². The second-order valence-electron chi connectivity index (χ2n) is 4.56. The lowest BCUT2D eigenvalue weighted by molar-refractivity contribution is 1.07. The SMILES string of the molecule is Cc1cc2c(SCc3ccc(CN)cc3)ncnc2s1. The Labute approximate surface area is 126 Å². The van der Waals surface area contributed by atoms with Crippen LogP contribution in [0.2, 0.25) is 0 Å². The van der Waals surface area contributed by atoms with Crippen molar-refractivity contribution in [3.8, 4) is 0 Å². The molecule has 3 rings (SSSR count). The van der Waals surface area contributed by atoms with Crippen LogP contribution in [0.25, 0.3) is 10.2 Å². The van der Waals surface area contributed by atoms with E-state index in [-0.39, 0.29) is 0 Å². The Hall–Kier alpha value is -1.43. The number of aryl methyl sites for hydroxylation is 1. The Kier molecular flexibility index (Phi) is 4.00. The van der Waals surface area contributed by atoms with Crippen molar-refractivity contribution in [2.75, 3.05) is 0 Å². The molecule has 0 saturated carbocycles. The molecule has 2 aromatic heterocycles. The predicted molar refractivity (Wildman–Crippen MR) is 86.0 cm³/mol. The average Bonchev–Trinajstić information content (AvgIpc) is 2.86. The molecule has 1 aromatic carbocycles. The van der Waals surface area contributed by atoms with Gasteiger partial charge in [-0.25, -0.2) is 9.97 Å². The largest absolute Gasteiger partial charge is 0.326 e. The van der Waals surface area contributed by atoms with E-state index in [4.69, 9.17) is 5.73 Å². The second kappa shape index (κ2) is 5.91. The molecule has 0 aliphatic carbocycles. The highest BCUT2D eigenvalue weighted by Gasteiger charge is 2.07. The maximum absolute atomic E-state index is 5.61. The Morgan fingerprint density at radius 2 is 1.90 bits per heavy atom. The van der Waals surface area contributed by atoms with Gasteiger partial charge in [-0.05, 0) is 24.1 Å². The van der Waals surface area contributed by atoms with E-state index >= 15 is 0 Å². The lowest BCUT2D eigenvalue weighted by Gasteiger charge is -2.03. The maximum atomic E-state index is 5.61. The van der Waals surface area contributed by atoms with Gasteiger partial charge in [-0.1, -0.05) is 24.3 Å². The molecule has 3 nitrogen and oxygen atoms in total. The van der Waals surface area contributed by atoms with Crippen LogP contribution in [0, 0.1) is 6.92 Å². The number of benzene rings is 1. The maximum Gasteiger partial charge on any atom is 0.128 e. The summed E-state index contributed by atoms with van der Waals surface area (Å²) in [7, 11) is 0. The highest BCUT2D eigenvalue weighted by molar-refractivity contribution is 7.98. The van der Waals surface area contributed by atoms with Crippen LogP contribution in [0.3, 0.4) is 0 Å². The number of thiophene rings is 1. The molecule has 0 atom stereocenters. The third kappa shape index (κ3) is 2.85. The summed E-state index contributed by atoms with van der Waals surface area (Å²) in [5.74, 6) is 0.909. The quantitative estimate of drug-likeness (QED) is 0.589. The predicted octanol–water partition coefficient (Wildman–Crippen LogP) is 3.75. The van der Waals surface area contributed by atoms with Gasteiger partial charge in [0.05, 0.1) is 0 Å². The molecule has 5 heteroatoms. The zero-order chi connectivity index (χ0) is 13.9. The molecule has 0 aliphatic heterocycles. The monoisotopic (exact) mass is 301 g/mol. The Morgan fingerprint density at radius 1 is 1.15 bits per heavy atom. The highest BCUT2D eigenvalue weighted by Crippen LogP contribution is 2.31. The molecule has 2 N–H and O–H groups in total. The topological polar surface area (TPSA) is 51.8 Å². The molecule has 0 fully saturated rings. The molecule has 0 amide bonds. The smallest absolute Gasteiger partial charge is 0.128 e. The average molecular weight is 301 g/mol.